The van der Waals surface area contributed by atoms with Gasteiger partial charge in [-0.25, -0.2) is 4.79 Å². The van der Waals surface area contributed by atoms with Crippen molar-refractivity contribution in [1.82, 2.24) is 9.88 Å². The molecule has 0 radical (unpaired) electrons. The van der Waals surface area contributed by atoms with Gasteiger partial charge in [0.25, 0.3) is 5.91 Å². The number of carbonyl (C=O) groups is 2. The quantitative estimate of drug-likeness (QED) is 0.371. The fraction of sp³-hybridized carbons (Fsp3) is 0.182. The summed E-state index contributed by atoms with van der Waals surface area (Å²) in [5.74, 6) is -0.496. The summed E-state index contributed by atoms with van der Waals surface area (Å²) in [7, 11) is 0. The maximum Gasteiger partial charge on any atom is 0.317 e. The molecule has 0 saturated carbocycles. The third-order valence-corrected chi connectivity index (χ3v) is 4.67. The standard InChI is InChI=1S/C22H25N5O3/c23-20(29)18-12-19(25-21(18)26-22(24)30)17-8-6-16(7-9-17)14-27(10-11-28)13-15-4-2-1-3-5-15/h1-9,12,25,28H,10-11,13-14H2,(H2,23,29)(H3,24,26,30). The van der Waals surface area contributed by atoms with Crippen LogP contribution in [0.3, 0.4) is 0 Å². The number of rotatable bonds is 9. The number of hydrogen-bond donors (Lipinski definition) is 5. The predicted octanol–water partition coefficient (Wildman–Crippen LogP) is 2.27. The van der Waals surface area contributed by atoms with E-state index in [0.717, 1.165) is 17.7 Å². The lowest BCUT2D eigenvalue weighted by Gasteiger charge is -2.21. The number of nitrogens with one attached hydrogen (secondary N) is 2. The van der Waals surface area contributed by atoms with E-state index in [-0.39, 0.29) is 18.0 Å². The molecule has 156 valence electrons. The van der Waals surface area contributed by atoms with E-state index in [1.165, 1.54) is 5.56 Å². The van der Waals surface area contributed by atoms with E-state index in [4.69, 9.17) is 11.5 Å². The first kappa shape index (κ1) is 21.1. The van der Waals surface area contributed by atoms with E-state index in [2.05, 4.69) is 27.3 Å². The van der Waals surface area contributed by atoms with Gasteiger partial charge >= 0.3 is 6.03 Å². The number of nitrogens with zero attached hydrogens (tertiary/aromatic N) is 1. The topological polar surface area (TPSA) is 137 Å². The Hall–Kier alpha value is -3.62. The van der Waals surface area contributed by atoms with E-state index in [1.54, 1.807) is 6.07 Å². The summed E-state index contributed by atoms with van der Waals surface area (Å²) in [6, 6.07) is 18.7. The van der Waals surface area contributed by atoms with Crippen LogP contribution in [0.5, 0.6) is 0 Å². The maximum atomic E-state index is 11.6. The lowest BCUT2D eigenvalue weighted by Crippen LogP contribution is -2.26. The van der Waals surface area contributed by atoms with Crippen molar-refractivity contribution in [3.05, 3.63) is 77.4 Å². The van der Waals surface area contributed by atoms with E-state index >= 15 is 0 Å². The molecule has 8 heteroatoms. The van der Waals surface area contributed by atoms with Crippen LogP contribution in [-0.4, -0.2) is 40.1 Å². The smallest absolute Gasteiger partial charge is 0.317 e. The van der Waals surface area contributed by atoms with E-state index in [1.807, 2.05) is 42.5 Å². The van der Waals surface area contributed by atoms with Crippen LogP contribution in [0.25, 0.3) is 11.3 Å². The van der Waals surface area contributed by atoms with Gasteiger partial charge in [0, 0.05) is 25.3 Å². The van der Waals surface area contributed by atoms with Gasteiger partial charge in [-0.15, -0.1) is 0 Å². The Bertz CT molecular complexity index is 999. The van der Waals surface area contributed by atoms with Crippen molar-refractivity contribution in [2.45, 2.75) is 13.1 Å². The minimum atomic E-state index is -0.788. The van der Waals surface area contributed by atoms with Crippen molar-refractivity contribution >= 4 is 17.8 Å². The molecule has 0 aliphatic carbocycles. The van der Waals surface area contributed by atoms with Gasteiger partial charge in [-0.05, 0) is 22.8 Å². The number of anilines is 1. The first-order valence-corrected chi connectivity index (χ1v) is 9.52. The lowest BCUT2D eigenvalue weighted by molar-refractivity contribution is 0.100. The zero-order valence-electron chi connectivity index (χ0n) is 16.5. The first-order valence-electron chi connectivity index (χ1n) is 9.52. The van der Waals surface area contributed by atoms with Gasteiger partial charge in [-0.3, -0.25) is 15.0 Å². The number of hydrogen-bond acceptors (Lipinski definition) is 4. The summed E-state index contributed by atoms with van der Waals surface area (Å²) in [5, 5.41) is 11.8. The summed E-state index contributed by atoms with van der Waals surface area (Å²) in [6.45, 7) is 2.07. The monoisotopic (exact) mass is 407 g/mol. The van der Waals surface area contributed by atoms with E-state index < -0.39 is 11.9 Å². The second-order valence-corrected chi connectivity index (χ2v) is 6.94. The Morgan fingerprint density at radius 1 is 0.967 bits per heavy atom. The molecule has 0 atom stereocenters. The molecule has 0 aliphatic rings. The number of aliphatic hydroxyl groups is 1. The van der Waals surface area contributed by atoms with Crippen LogP contribution >= 0.6 is 0 Å². The zero-order valence-corrected chi connectivity index (χ0v) is 16.5. The molecule has 30 heavy (non-hydrogen) atoms. The molecule has 1 aromatic heterocycles. The van der Waals surface area contributed by atoms with Crippen LogP contribution in [0.15, 0.2) is 60.7 Å². The van der Waals surface area contributed by atoms with Crippen LogP contribution in [0.2, 0.25) is 0 Å². The van der Waals surface area contributed by atoms with Gasteiger partial charge in [0.2, 0.25) is 0 Å². The number of aromatic amines is 1. The molecule has 2 aromatic carbocycles. The largest absolute Gasteiger partial charge is 0.395 e. The van der Waals surface area contributed by atoms with Crippen molar-refractivity contribution < 1.29 is 14.7 Å². The number of H-pyrrole nitrogens is 1. The van der Waals surface area contributed by atoms with Crippen LogP contribution in [-0.2, 0) is 13.1 Å². The SMILES string of the molecule is NC(=O)Nc1[nH]c(-c2ccc(CN(CCO)Cc3ccccc3)cc2)cc1C(N)=O. The highest BCUT2D eigenvalue weighted by Gasteiger charge is 2.15. The summed E-state index contributed by atoms with van der Waals surface area (Å²) in [5.41, 5.74) is 14.4. The highest BCUT2D eigenvalue weighted by Crippen LogP contribution is 2.25. The Balaban J connectivity index is 1.75. The van der Waals surface area contributed by atoms with Gasteiger partial charge in [0.15, 0.2) is 0 Å². The Kier molecular flexibility index (Phi) is 6.84. The molecular formula is C22H25N5O3. The number of aromatic nitrogens is 1. The summed E-state index contributed by atoms with van der Waals surface area (Å²) < 4.78 is 0. The van der Waals surface area contributed by atoms with Crippen LogP contribution in [0, 0.1) is 0 Å². The molecule has 3 aromatic rings. The van der Waals surface area contributed by atoms with Crippen molar-refractivity contribution in [3.8, 4) is 11.3 Å². The lowest BCUT2D eigenvalue weighted by atomic mass is 10.1. The van der Waals surface area contributed by atoms with Crippen molar-refractivity contribution in [2.24, 2.45) is 11.5 Å². The number of carbonyl (C=O) groups excluding carboxylic acids is 2. The summed E-state index contributed by atoms with van der Waals surface area (Å²) in [4.78, 5) is 27.9. The number of benzene rings is 2. The van der Waals surface area contributed by atoms with Crippen molar-refractivity contribution in [1.29, 1.82) is 0 Å². The summed E-state index contributed by atoms with van der Waals surface area (Å²) in [6.07, 6.45) is 0. The minimum absolute atomic E-state index is 0.0823. The van der Waals surface area contributed by atoms with E-state index in [9.17, 15) is 14.7 Å². The van der Waals surface area contributed by atoms with Crippen molar-refractivity contribution in [2.75, 3.05) is 18.5 Å². The molecule has 0 saturated heterocycles. The predicted molar refractivity (Wildman–Crippen MR) is 116 cm³/mol. The molecule has 0 spiro atoms. The minimum Gasteiger partial charge on any atom is -0.395 e. The Morgan fingerprint density at radius 3 is 2.17 bits per heavy atom. The number of primary amides is 2. The third-order valence-electron chi connectivity index (χ3n) is 4.67. The first-order chi connectivity index (χ1) is 14.5. The van der Waals surface area contributed by atoms with Gasteiger partial charge in [-0.2, -0.15) is 0 Å². The molecule has 0 bridgehead atoms. The maximum absolute atomic E-state index is 11.6. The zero-order chi connectivity index (χ0) is 21.5. The van der Waals surface area contributed by atoms with Gasteiger partial charge < -0.3 is 21.6 Å². The molecule has 7 N–H and O–H groups in total. The molecule has 1 heterocycles. The highest BCUT2D eigenvalue weighted by atomic mass is 16.3. The van der Waals surface area contributed by atoms with Crippen LogP contribution in [0.4, 0.5) is 10.6 Å². The van der Waals surface area contributed by atoms with Crippen LogP contribution < -0.4 is 16.8 Å². The molecule has 8 nitrogen and oxygen atoms in total. The normalized spacial score (nSPS) is 10.9. The molecule has 0 fully saturated rings. The molecular weight excluding hydrogens is 382 g/mol. The number of urea groups is 1. The number of nitrogens with two attached hydrogens (primary N) is 2. The average molecular weight is 407 g/mol. The third kappa shape index (κ3) is 5.47. The fourth-order valence-corrected chi connectivity index (χ4v) is 3.27. The molecule has 0 unspecified atom stereocenters. The average Bonchev–Trinajstić information content (AvgIpc) is 3.13. The second kappa shape index (κ2) is 9.73. The number of aliphatic hydroxyl groups excluding tert-OH is 1. The molecule has 3 amide bonds. The Morgan fingerprint density at radius 2 is 1.60 bits per heavy atom. The van der Waals surface area contributed by atoms with Crippen molar-refractivity contribution in [3.63, 3.8) is 0 Å². The molecule has 0 aliphatic heterocycles. The second-order valence-electron chi connectivity index (χ2n) is 6.94. The molecule has 3 rings (SSSR count). The Labute approximate surface area is 174 Å². The van der Waals surface area contributed by atoms with Crippen LogP contribution in [0.1, 0.15) is 21.5 Å². The van der Waals surface area contributed by atoms with Gasteiger partial charge in [0.1, 0.15) is 5.82 Å². The van der Waals surface area contributed by atoms with Gasteiger partial charge in [0.05, 0.1) is 12.2 Å². The summed E-state index contributed by atoms with van der Waals surface area (Å²) >= 11 is 0. The fourth-order valence-electron chi connectivity index (χ4n) is 3.27. The van der Waals surface area contributed by atoms with E-state index in [0.29, 0.717) is 18.8 Å². The highest BCUT2D eigenvalue weighted by molar-refractivity contribution is 6.02. The van der Waals surface area contributed by atoms with Gasteiger partial charge in [-0.1, -0.05) is 54.6 Å². The number of amides is 3.